The smallest absolute Gasteiger partial charge is 0.411 e. The summed E-state index contributed by atoms with van der Waals surface area (Å²) in [7, 11) is 0. The van der Waals surface area contributed by atoms with Crippen molar-refractivity contribution in [1.29, 1.82) is 0 Å². The van der Waals surface area contributed by atoms with E-state index in [1.165, 1.54) is 19.1 Å². The van der Waals surface area contributed by atoms with E-state index in [1.807, 2.05) is 45.0 Å². The van der Waals surface area contributed by atoms with Gasteiger partial charge in [-0.2, -0.15) is 0 Å². The van der Waals surface area contributed by atoms with Gasteiger partial charge in [0.15, 0.2) is 0 Å². The summed E-state index contributed by atoms with van der Waals surface area (Å²) < 4.78 is 20.8. The van der Waals surface area contributed by atoms with Crippen LogP contribution in [-0.4, -0.2) is 30.0 Å². The molecule has 0 aliphatic carbocycles. The van der Waals surface area contributed by atoms with Crippen molar-refractivity contribution in [3.63, 3.8) is 0 Å². The van der Waals surface area contributed by atoms with E-state index in [9.17, 15) is 14.0 Å². The molecular weight excluding hydrogens is 475 g/mol. The zero-order chi connectivity index (χ0) is 23.5. The minimum absolute atomic E-state index is 0.107. The number of carbonyl (C=O) groups excluding carboxylic acids is 2. The Kier molecular flexibility index (Phi) is 7.28. The average Bonchev–Trinajstić information content (AvgIpc) is 2.73. The highest BCUT2D eigenvalue weighted by molar-refractivity contribution is 9.10. The molecule has 1 aliphatic heterocycles. The van der Waals surface area contributed by atoms with Gasteiger partial charge in [-0.25, -0.2) is 9.18 Å². The number of hydrogen-bond acceptors (Lipinski definition) is 3. The summed E-state index contributed by atoms with van der Waals surface area (Å²) in [6.07, 6.45) is 0.665. The molecule has 0 saturated carbocycles. The molecule has 3 rings (SSSR count). The van der Waals surface area contributed by atoms with Gasteiger partial charge in [0, 0.05) is 30.9 Å². The molecule has 0 aromatic heterocycles. The maximum Gasteiger partial charge on any atom is 0.411 e. The molecule has 1 aliphatic rings. The molecule has 2 aromatic carbocycles. The normalized spacial score (nSPS) is 19.9. The monoisotopic (exact) mass is 504 g/mol. The first-order valence-corrected chi connectivity index (χ1v) is 11.6. The van der Waals surface area contributed by atoms with Gasteiger partial charge in [0.05, 0.1) is 6.04 Å². The molecule has 1 fully saturated rings. The topological polar surface area (TPSA) is 58.6 Å². The molecule has 2 atom stereocenters. The molecule has 2 amide bonds. The minimum Gasteiger partial charge on any atom is -0.438 e. The molecule has 5 nitrogen and oxygen atoms in total. The zero-order valence-corrected chi connectivity index (χ0v) is 20.5. The van der Waals surface area contributed by atoms with Gasteiger partial charge in [0.1, 0.15) is 11.4 Å². The van der Waals surface area contributed by atoms with E-state index in [-0.39, 0.29) is 23.2 Å². The van der Waals surface area contributed by atoms with Gasteiger partial charge in [-0.05, 0) is 54.2 Å². The zero-order valence-electron chi connectivity index (χ0n) is 19.0. The standard InChI is InChI=1S/C25H30BrFN2O3/c1-17(19-5-9-21(26)10-6-19)29-14-13-25(32-23(29)31,20-7-11-22(27)12-8-20)15-24(3,4)16-28-18(2)30/h5-12,17H,13-16H2,1-4H3,(H,28,30)/t17-,25-/m0/s1. The van der Waals surface area contributed by atoms with E-state index >= 15 is 0 Å². The van der Waals surface area contributed by atoms with Crippen LogP contribution in [0.15, 0.2) is 53.0 Å². The molecule has 1 saturated heterocycles. The first-order valence-electron chi connectivity index (χ1n) is 10.8. The van der Waals surface area contributed by atoms with E-state index in [0.29, 0.717) is 25.9 Å². The van der Waals surface area contributed by atoms with E-state index in [2.05, 4.69) is 21.2 Å². The summed E-state index contributed by atoms with van der Waals surface area (Å²) in [4.78, 5) is 26.4. The van der Waals surface area contributed by atoms with Crippen molar-refractivity contribution < 1.29 is 18.7 Å². The first kappa shape index (κ1) is 24.2. The third-order valence-corrected chi connectivity index (χ3v) is 6.57. The van der Waals surface area contributed by atoms with Gasteiger partial charge in [-0.3, -0.25) is 4.79 Å². The molecule has 0 radical (unpaired) electrons. The molecule has 32 heavy (non-hydrogen) atoms. The van der Waals surface area contributed by atoms with Crippen LogP contribution in [0.25, 0.3) is 0 Å². The van der Waals surface area contributed by atoms with Crippen LogP contribution in [0.5, 0.6) is 0 Å². The maximum atomic E-state index is 13.6. The van der Waals surface area contributed by atoms with Gasteiger partial charge >= 0.3 is 6.09 Å². The highest BCUT2D eigenvalue weighted by atomic mass is 79.9. The number of amides is 2. The number of benzene rings is 2. The lowest BCUT2D eigenvalue weighted by Gasteiger charge is -2.46. The summed E-state index contributed by atoms with van der Waals surface area (Å²) in [5, 5.41) is 2.86. The molecular formula is C25H30BrFN2O3. The summed E-state index contributed by atoms with van der Waals surface area (Å²) in [5.41, 5.74) is 0.534. The molecule has 7 heteroatoms. The lowest BCUT2D eigenvalue weighted by Crippen LogP contribution is -2.51. The minimum atomic E-state index is -0.900. The Labute approximate surface area is 197 Å². The van der Waals surface area contributed by atoms with E-state index < -0.39 is 11.7 Å². The predicted octanol–water partition coefficient (Wildman–Crippen LogP) is 5.94. The number of rotatable bonds is 7. The van der Waals surface area contributed by atoms with Crippen molar-refractivity contribution >= 4 is 27.9 Å². The molecule has 1 heterocycles. The van der Waals surface area contributed by atoms with Gasteiger partial charge < -0.3 is 15.0 Å². The van der Waals surface area contributed by atoms with Crippen LogP contribution in [0.3, 0.4) is 0 Å². The fourth-order valence-electron chi connectivity index (χ4n) is 4.32. The van der Waals surface area contributed by atoms with Crippen LogP contribution in [0.4, 0.5) is 9.18 Å². The second kappa shape index (κ2) is 9.61. The van der Waals surface area contributed by atoms with Crippen LogP contribution in [0.1, 0.15) is 57.7 Å². The molecule has 0 bridgehead atoms. The molecule has 0 unspecified atom stereocenters. The SMILES string of the molecule is CC(=O)NCC(C)(C)C[C@]1(c2ccc(F)cc2)CCN([C@@H](C)c2ccc(Br)cc2)C(=O)O1. The average molecular weight is 505 g/mol. The molecule has 172 valence electrons. The van der Waals surface area contributed by atoms with Crippen LogP contribution < -0.4 is 5.32 Å². The van der Waals surface area contributed by atoms with Crippen LogP contribution in [0, 0.1) is 11.2 Å². The fourth-order valence-corrected chi connectivity index (χ4v) is 4.59. The quantitative estimate of drug-likeness (QED) is 0.507. The van der Waals surface area contributed by atoms with Gasteiger partial charge in [0.25, 0.3) is 0 Å². The number of ether oxygens (including phenoxy) is 1. The van der Waals surface area contributed by atoms with Crippen LogP contribution in [-0.2, 0) is 15.1 Å². The third-order valence-electron chi connectivity index (χ3n) is 6.04. The summed E-state index contributed by atoms with van der Waals surface area (Å²) in [6.45, 7) is 8.47. The van der Waals surface area contributed by atoms with E-state index in [1.54, 1.807) is 17.0 Å². The van der Waals surface area contributed by atoms with Gasteiger partial charge in [-0.1, -0.05) is 54.0 Å². The number of cyclic esters (lactones) is 1. The fraction of sp³-hybridized carbons (Fsp3) is 0.440. The Morgan fingerprint density at radius 1 is 1.22 bits per heavy atom. The lowest BCUT2D eigenvalue weighted by molar-refractivity contribution is -0.120. The van der Waals surface area contributed by atoms with Crippen molar-refractivity contribution in [3.05, 3.63) is 69.9 Å². The van der Waals surface area contributed by atoms with E-state index in [0.717, 1.165) is 15.6 Å². The van der Waals surface area contributed by atoms with Gasteiger partial charge in [-0.15, -0.1) is 0 Å². The number of halogens is 2. The van der Waals surface area contributed by atoms with Crippen LogP contribution in [0.2, 0.25) is 0 Å². The largest absolute Gasteiger partial charge is 0.438 e. The predicted molar refractivity (Wildman–Crippen MR) is 126 cm³/mol. The number of nitrogens with zero attached hydrogens (tertiary/aromatic N) is 1. The van der Waals surface area contributed by atoms with Crippen molar-refractivity contribution in [1.82, 2.24) is 10.2 Å². The third kappa shape index (κ3) is 5.68. The lowest BCUT2D eigenvalue weighted by atomic mass is 9.74. The van der Waals surface area contributed by atoms with Crippen LogP contribution >= 0.6 is 15.9 Å². The van der Waals surface area contributed by atoms with Gasteiger partial charge in [0.2, 0.25) is 5.91 Å². The Morgan fingerprint density at radius 3 is 2.41 bits per heavy atom. The highest BCUT2D eigenvalue weighted by Gasteiger charge is 2.46. The van der Waals surface area contributed by atoms with Crippen molar-refractivity contribution in [2.45, 2.75) is 52.2 Å². The number of carbonyl (C=O) groups is 2. The molecule has 2 aromatic rings. The number of hydrogen-bond donors (Lipinski definition) is 1. The Morgan fingerprint density at radius 2 is 1.84 bits per heavy atom. The van der Waals surface area contributed by atoms with E-state index in [4.69, 9.17) is 4.74 Å². The Balaban J connectivity index is 1.87. The Hall–Kier alpha value is -2.41. The van der Waals surface area contributed by atoms with Crippen molar-refractivity contribution in [2.75, 3.05) is 13.1 Å². The second-order valence-electron chi connectivity index (χ2n) is 9.29. The number of nitrogens with one attached hydrogen (secondary N) is 1. The summed E-state index contributed by atoms with van der Waals surface area (Å²) >= 11 is 3.44. The molecule has 1 N–H and O–H groups in total. The summed E-state index contributed by atoms with van der Waals surface area (Å²) in [5.74, 6) is -0.446. The second-order valence-corrected chi connectivity index (χ2v) is 10.2. The van der Waals surface area contributed by atoms with Crippen molar-refractivity contribution in [2.24, 2.45) is 5.41 Å². The molecule has 0 spiro atoms. The highest BCUT2D eigenvalue weighted by Crippen LogP contribution is 2.44. The maximum absolute atomic E-state index is 13.6. The first-order chi connectivity index (χ1) is 15.0. The van der Waals surface area contributed by atoms with Crippen molar-refractivity contribution in [3.8, 4) is 0 Å². The summed E-state index contributed by atoms with van der Waals surface area (Å²) in [6, 6.07) is 13.9. The Bertz CT molecular complexity index is 962.